The lowest BCUT2D eigenvalue weighted by Gasteiger charge is -2.20. The highest BCUT2D eigenvalue weighted by molar-refractivity contribution is 7.99. The van der Waals surface area contributed by atoms with Gasteiger partial charge < -0.3 is 10.1 Å². The average Bonchev–Trinajstić information content (AvgIpc) is 2.91. The summed E-state index contributed by atoms with van der Waals surface area (Å²) in [6.07, 6.45) is 0. The van der Waals surface area contributed by atoms with Gasteiger partial charge in [0.2, 0.25) is 11.1 Å². The van der Waals surface area contributed by atoms with Gasteiger partial charge in [-0.25, -0.2) is 4.68 Å². The predicted octanol–water partition coefficient (Wildman–Crippen LogP) is 1.74. The van der Waals surface area contributed by atoms with Gasteiger partial charge in [-0.3, -0.25) is 4.79 Å². The molecule has 0 bridgehead atoms. The van der Waals surface area contributed by atoms with Crippen molar-refractivity contribution in [2.75, 3.05) is 12.9 Å². The van der Waals surface area contributed by atoms with Gasteiger partial charge in [0, 0.05) is 5.54 Å². The summed E-state index contributed by atoms with van der Waals surface area (Å²) in [7, 11) is 1.63. The molecular formula is C15H21N5O2S. The van der Waals surface area contributed by atoms with E-state index < -0.39 is 0 Å². The predicted molar refractivity (Wildman–Crippen MR) is 88.5 cm³/mol. The van der Waals surface area contributed by atoms with Crippen LogP contribution < -0.4 is 10.1 Å². The maximum atomic E-state index is 11.9. The van der Waals surface area contributed by atoms with Crippen molar-refractivity contribution in [3.8, 4) is 5.75 Å². The molecule has 0 aliphatic carbocycles. The summed E-state index contributed by atoms with van der Waals surface area (Å²) in [5, 5.41) is 15.2. The van der Waals surface area contributed by atoms with Gasteiger partial charge in [-0.05, 0) is 48.9 Å². The molecule has 1 amide bonds. The molecule has 0 fully saturated rings. The second-order valence-electron chi connectivity index (χ2n) is 6.05. The summed E-state index contributed by atoms with van der Waals surface area (Å²) in [5.74, 6) is 1.04. The fraction of sp³-hybridized carbons (Fsp3) is 0.467. The number of nitrogens with zero attached hydrogens (tertiary/aromatic N) is 4. The number of hydrogen-bond donors (Lipinski definition) is 1. The minimum absolute atomic E-state index is 0.0403. The lowest BCUT2D eigenvalue weighted by atomic mass is 10.1. The number of hydrogen-bond acceptors (Lipinski definition) is 6. The molecule has 2 aromatic rings. The zero-order valence-corrected chi connectivity index (χ0v) is 14.6. The Bertz CT molecular complexity index is 649. The Balaban J connectivity index is 1.95. The number of carbonyl (C=O) groups is 1. The van der Waals surface area contributed by atoms with E-state index in [-0.39, 0.29) is 17.2 Å². The van der Waals surface area contributed by atoms with Gasteiger partial charge in [-0.1, -0.05) is 23.9 Å². The molecule has 0 unspecified atom stereocenters. The average molecular weight is 335 g/mol. The van der Waals surface area contributed by atoms with Gasteiger partial charge in [0.05, 0.1) is 19.4 Å². The van der Waals surface area contributed by atoms with Gasteiger partial charge in [0.1, 0.15) is 5.75 Å². The maximum absolute atomic E-state index is 11.9. The van der Waals surface area contributed by atoms with E-state index in [2.05, 4.69) is 20.8 Å². The van der Waals surface area contributed by atoms with E-state index in [4.69, 9.17) is 4.74 Å². The minimum atomic E-state index is -0.243. The van der Waals surface area contributed by atoms with Crippen molar-refractivity contribution in [1.82, 2.24) is 25.5 Å². The van der Waals surface area contributed by atoms with Crippen LogP contribution in [0.15, 0.2) is 29.4 Å². The zero-order valence-electron chi connectivity index (χ0n) is 13.7. The van der Waals surface area contributed by atoms with Crippen molar-refractivity contribution >= 4 is 17.7 Å². The van der Waals surface area contributed by atoms with Crippen molar-refractivity contribution in [3.63, 3.8) is 0 Å². The van der Waals surface area contributed by atoms with Crippen molar-refractivity contribution in [3.05, 3.63) is 29.8 Å². The fourth-order valence-corrected chi connectivity index (χ4v) is 2.56. The highest BCUT2D eigenvalue weighted by atomic mass is 32.2. The first-order valence-electron chi connectivity index (χ1n) is 7.20. The van der Waals surface area contributed by atoms with E-state index in [1.54, 1.807) is 11.8 Å². The van der Waals surface area contributed by atoms with E-state index >= 15 is 0 Å². The zero-order chi connectivity index (χ0) is 16.9. The summed E-state index contributed by atoms with van der Waals surface area (Å²) in [6, 6.07) is 7.70. The minimum Gasteiger partial charge on any atom is -0.497 e. The molecule has 0 atom stereocenters. The molecule has 1 heterocycles. The Morgan fingerprint density at radius 3 is 2.61 bits per heavy atom. The standard InChI is InChI=1S/C15H21N5O2S/c1-15(2,3)16-13(21)10-23-14-17-18-19-20(14)9-11-5-7-12(22-4)8-6-11/h5-8H,9-10H2,1-4H3,(H,16,21). The van der Waals surface area contributed by atoms with Crippen LogP contribution in [0.5, 0.6) is 5.75 Å². The number of tetrazole rings is 1. The van der Waals surface area contributed by atoms with Crippen LogP contribution in [0.2, 0.25) is 0 Å². The van der Waals surface area contributed by atoms with Crippen molar-refractivity contribution in [2.45, 2.75) is 38.0 Å². The topological polar surface area (TPSA) is 81.9 Å². The smallest absolute Gasteiger partial charge is 0.230 e. The van der Waals surface area contributed by atoms with Crippen molar-refractivity contribution in [1.29, 1.82) is 0 Å². The first kappa shape index (κ1) is 17.3. The molecule has 0 radical (unpaired) electrons. The molecule has 7 nitrogen and oxygen atoms in total. The summed E-state index contributed by atoms with van der Waals surface area (Å²) in [4.78, 5) is 11.9. The highest BCUT2D eigenvalue weighted by Gasteiger charge is 2.15. The monoisotopic (exact) mass is 335 g/mol. The first-order valence-corrected chi connectivity index (χ1v) is 8.19. The Kier molecular flexibility index (Phi) is 5.59. The number of aromatic nitrogens is 4. The number of ether oxygens (including phenoxy) is 1. The van der Waals surface area contributed by atoms with E-state index in [9.17, 15) is 4.79 Å². The number of rotatable bonds is 6. The second-order valence-corrected chi connectivity index (χ2v) is 7.00. The molecule has 0 spiro atoms. The molecule has 0 aliphatic heterocycles. The van der Waals surface area contributed by atoms with Crippen LogP contribution in [0, 0.1) is 0 Å². The molecule has 1 aromatic heterocycles. The van der Waals surface area contributed by atoms with Gasteiger partial charge in [-0.15, -0.1) is 5.10 Å². The number of carbonyl (C=O) groups excluding carboxylic acids is 1. The van der Waals surface area contributed by atoms with Crippen molar-refractivity contribution < 1.29 is 9.53 Å². The fourth-order valence-electron chi connectivity index (χ4n) is 1.89. The lowest BCUT2D eigenvalue weighted by molar-refractivity contribution is -0.119. The number of methoxy groups -OCH3 is 1. The molecule has 8 heteroatoms. The molecule has 0 saturated heterocycles. The molecular weight excluding hydrogens is 314 g/mol. The summed E-state index contributed by atoms with van der Waals surface area (Å²) in [5.41, 5.74) is 0.811. The Labute approximate surface area is 139 Å². The van der Waals surface area contributed by atoms with Gasteiger partial charge >= 0.3 is 0 Å². The summed E-state index contributed by atoms with van der Waals surface area (Å²) in [6.45, 7) is 6.39. The van der Waals surface area contributed by atoms with E-state index in [0.717, 1.165) is 11.3 Å². The van der Waals surface area contributed by atoms with Gasteiger partial charge in [0.15, 0.2) is 0 Å². The van der Waals surface area contributed by atoms with Crippen LogP contribution in [-0.2, 0) is 11.3 Å². The van der Waals surface area contributed by atoms with Crippen LogP contribution in [0.25, 0.3) is 0 Å². The van der Waals surface area contributed by atoms with E-state index in [0.29, 0.717) is 11.7 Å². The molecule has 0 aliphatic rings. The lowest BCUT2D eigenvalue weighted by Crippen LogP contribution is -2.41. The van der Waals surface area contributed by atoms with Crippen LogP contribution in [-0.4, -0.2) is 44.5 Å². The van der Waals surface area contributed by atoms with Gasteiger partial charge in [-0.2, -0.15) is 0 Å². The summed E-state index contributed by atoms with van der Waals surface area (Å²) < 4.78 is 6.81. The third kappa shape index (κ3) is 5.55. The van der Waals surface area contributed by atoms with Crippen LogP contribution >= 0.6 is 11.8 Å². The quantitative estimate of drug-likeness (QED) is 0.810. The Morgan fingerprint density at radius 2 is 2.00 bits per heavy atom. The number of thioether (sulfide) groups is 1. The molecule has 1 aromatic carbocycles. The van der Waals surface area contributed by atoms with Gasteiger partial charge in [0.25, 0.3) is 0 Å². The largest absolute Gasteiger partial charge is 0.497 e. The Morgan fingerprint density at radius 1 is 1.30 bits per heavy atom. The van der Waals surface area contributed by atoms with E-state index in [1.807, 2.05) is 45.0 Å². The summed E-state index contributed by atoms with van der Waals surface area (Å²) >= 11 is 1.32. The van der Waals surface area contributed by atoms with E-state index in [1.165, 1.54) is 11.8 Å². The Hall–Kier alpha value is -2.09. The van der Waals surface area contributed by atoms with Crippen LogP contribution in [0.1, 0.15) is 26.3 Å². The molecule has 2 rings (SSSR count). The third-order valence-corrected chi connectivity index (χ3v) is 3.79. The van der Waals surface area contributed by atoms with Crippen molar-refractivity contribution in [2.24, 2.45) is 0 Å². The van der Waals surface area contributed by atoms with Crippen LogP contribution in [0.3, 0.4) is 0 Å². The molecule has 124 valence electrons. The number of nitrogens with one attached hydrogen (secondary N) is 1. The second kappa shape index (κ2) is 7.45. The number of amides is 1. The first-order chi connectivity index (χ1) is 10.9. The normalized spacial score (nSPS) is 11.3. The molecule has 0 saturated carbocycles. The third-order valence-electron chi connectivity index (χ3n) is 2.84. The van der Waals surface area contributed by atoms with Crippen LogP contribution in [0.4, 0.5) is 0 Å². The number of benzene rings is 1. The molecule has 23 heavy (non-hydrogen) atoms. The highest BCUT2D eigenvalue weighted by Crippen LogP contribution is 2.17. The maximum Gasteiger partial charge on any atom is 0.230 e. The molecule has 1 N–H and O–H groups in total. The SMILES string of the molecule is COc1ccc(Cn2nnnc2SCC(=O)NC(C)(C)C)cc1.